The molecule has 0 atom stereocenters. The maximum atomic E-state index is 13.1. The number of nitrogens with zero attached hydrogens (tertiary/aromatic N) is 3. The first kappa shape index (κ1) is 39.5. The fraction of sp³-hybridized carbons (Fsp3) is 0.269. The third kappa shape index (κ3) is 10.0. The highest BCUT2D eigenvalue weighted by Gasteiger charge is 2.23. The normalized spacial score (nSPS) is 15.5. The lowest BCUT2D eigenvalue weighted by molar-refractivity contribution is 0.0506. The van der Waals surface area contributed by atoms with Gasteiger partial charge in [-0.25, -0.2) is 9.59 Å². The zero-order valence-electron chi connectivity index (χ0n) is 33.5. The fourth-order valence-corrected chi connectivity index (χ4v) is 8.65. The summed E-state index contributed by atoms with van der Waals surface area (Å²) in [6, 6.07) is 49.7. The standard InChI is InChI=1S/C52H51N3O4/c56-51(42-22-9-3-10-23-42)58-53-48(35-38-17-5-1-6-18-38)41-31-33-45(34-32-41)55(50-30-16-26-40-21-13-14-29-47(40)50)46-28-15-27-44(37-46)49(36-39-19-7-2-8-20-39)54-59-52(57)43-24-11-4-12-25-43/h3-4,9-16,21-34,37-39H,1-2,5-8,17-20,35-36H2/b53-48-,54-49-. The molecule has 2 aliphatic carbocycles. The zero-order valence-corrected chi connectivity index (χ0v) is 33.5. The summed E-state index contributed by atoms with van der Waals surface area (Å²) in [4.78, 5) is 39.6. The van der Waals surface area contributed by atoms with Gasteiger partial charge in [-0.1, -0.05) is 172 Å². The van der Waals surface area contributed by atoms with Crippen LogP contribution in [0.5, 0.6) is 0 Å². The van der Waals surface area contributed by atoms with Gasteiger partial charge in [-0.2, -0.15) is 0 Å². The van der Waals surface area contributed by atoms with Crippen molar-refractivity contribution in [2.24, 2.45) is 22.1 Å². The molecule has 2 fully saturated rings. The highest BCUT2D eigenvalue weighted by Crippen LogP contribution is 2.40. The molecular weight excluding hydrogens is 731 g/mol. The van der Waals surface area contributed by atoms with Gasteiger partial charge in [0.2, 0.25) is 0 Å². The number of oxime groups is 2. The number of hydrogen-bond acceptors (Lipinski definition) is 7. The molecule has 298 valence electrons. The van der Waals surface area contributed by atoms with Crippen LogP contribution in [0.2, 0.25) is 0 Å². The molecule has 0 saturated heterocycles. The van der Waals surface area contributed by atoms with Crippen molar-refractivity contribution in [1.82, 2.24) is 0 Å². The Kier molecular flexibility index (Phi) is 13.0. The molecule has 7 nitrogen and oxygen atoms in total. The first-order valence-corrected chi connectivity index (χ1v) is 21.2. The second-order valence-electron chi connectivity index (χ2n) is 15.9. The smallest absolute Gasteiger partial charge is 0.313 e. The van der Waals surface area contributed by atoms with Crippen LogP contribution in [0.15, 0.2) is 162 Å². The molecular formula is C52H51N3O4. The summed E-state index contributed by atoms with van der Waals surface area (Å²) in [5, 5.41) is 11.4. The van der Waals surface area contributed by atoms with Gasteiger partial charge in [0.1, 0.15) is 0 Å². The Balaban J connectivity index is 1.16. The lowest BCUT2D eigenvalue weighted by atomic mass is 9.84. The number of fused-ring (bicyclic) bond motifs is 1. The summed E-state index contributed by atoms with van der Waals surface area (Å²) in [6.45, 7) is 0. The molecule has 6 aromatic carbocycles. The highest BCUT2D eigenvalue weighted by molar-refractivity contribution is 6.04. The van der Waals surface area contributed by atoms with E-state index in [2.05, 4.69) is 106 Å². The van der Waals surface area contributed by atoms with Gasteiger partial charge in [0.25, 0.3) is 0 Å². The lowest BCUT2D eigenvalue weighted by Crippen LogP contribution is -2.16. The number of carbonyl (C=O) groups is 2. The SMILES string of the molecule is O=C(O/N=C(/CC1CCCCC1)c1ccc(N(c2cccc(/C(CC3CCCCC3)=N\OC(=O)c3ccccc3)c2)c2cccc3ccccc23)cc1)c1ccccc1. The van der Waals surface area contributed by atoms with Crippen molar-refractivity contribution < 1.29 is 19.3 Å². The molecule has 0 bridgehead atoms. The Hall–Kier alpha value is -6.34. The first-order chi connectivity index (χ1) is 29.1. The zero-order chi connectivity index (χ0) is 40.2. The fourth-order valence-electron chi connectivity index (χ4n) is 8.65. The van der Waals surface area contributed by atoms with Gasteiger partial charge >= 0.3 is 11.9 Å². The Morgan fingerprint density at radius 3 is 1.56 bits per heavy atom. The molecule has 2 saturated carbocycles. The van der Waals surface area contributed by atoms with Crippen molar-refractivity contribution in [3.8, 4) is 0 Å². The largest absolute Gasteiger partial charge is 0.365 e. The molecule has 0 amide bonds. The number of benzene rings is 6. The summed E-state index contributed by atoms with van der Waals surface area (Å²) in [7, 11) is 0. The molecule has 0 heterocycles. The van der Waals surface area contributed by atoms with E-state index in [-0.39, 0.29) is 0 Å². The minimum Gasteiger partial charge on any atom is -0.313 e. The maximum absolute atomic E-state index is 13.1. The van der Waals surface area contributed by atoms with Gasteiger partial charge in [-0.05, 0) is 90.2 Å². The first-order valence-electron chi connectivity index (χ1n) is 21.2. The molecule has 6 aromatic rings. The van der Waals surface area contributed by atoms with E-state index < -0.39 is 11.9 Å². The Labute approximate surface area is 347 Å². The molecule has 0 spiro atoms. The highest BCUT2D eigenvalue weighted by atomic mass is 16.7. The van der Waals surface area contributed by atoms with Gasteiger partial charge in [-0.15, -0.1) is 0 Å². The average molecular weight is 782 g/mol. The van der Waals surface area contributed by atoms with Crippen molar-refractivity contribution in [2.75, 3.05) is 4.90 Å². The van der Waals surface area contributed by atoms with E-state index in [1.807, 2.05) is 36.4 Å². The molecule has 8 rings (SSSR count). The second kappa shape index (κ2) is 19.4. The molecule has 0 radical (unpaired) electrons. The maximum Gasteiger partial charge on any atom is 0.365 e. The van der Waals surface area contributed by atoms with E-state index in [1.165, 1.54) is 38.5 Å². The van der Waals surface area contributed by atoms with E-state index in [9.17, 15) is 9.59 Å². The summed E-state index contributed by atoms with van der Waals surface area (Å²) in [5.74, 6) is 0.0249. The third-order valence-electron chi connectivity index (χ3n) is 11.8. The quantitative estimate of drug-likeness (QED) is 0.0662. The van der Waals surface area contributed by atoms with Crippen molar-refractivity contribution in [3.05, 3.63) is 174 Å². The number of carbonyl (C=O) groups excluding carboxylic acids is 2. The topological polar surface area (TPSA) is 80.6 Å². The van der Waals surface area contributed by atoms with Gasteiger partial charge in [0.15, 0.2) is 0 Å². The molecule has 0 aliphatic heterocycles. The van der Waals surface area contributed by atoms with Crippen LogP contribution in [-0.4, -0.2) is 23.4 Å². The van der Waals surface area contributed by atoms with Crippen LogP contribution >= 0.6 is 0 Å². The lowest BCUT2D eigenvalue weighted by Gasteiger charge is -2.28. The molecule has 0 aromatic heterocycles. The van der Waals surface area contributed by atoms with Crippen LogP contribution in [0.4, 0.5) is 17.1 Å². The molecule has 2 aliphatic rings. The van der Waals surface area contributed by atoms with Crippen LogP contribution in [-0.2, 0) is 9.68 Å². The third-order valence-corrected chi connectivity index (χ3v) is 11.8. The van der Waals surface area contributed by atoms with E-state index >= 15 is 0 Å². The number of hydrogen-bond donors (Lipinski definition) is 0. The van der Waals surface area contributed by atoms with Crippen LogP contribution in [0.1, 0.15) is 109 Å². The monoisotopic (exact) mass is 781 g/mol. The van der Waals surface area contributed by atoms with Gasteiger partial charge in [0, 0.05) is 22.3 Å². The van der Waals surface area contributed by atoms with Crippen LogP contribution in [0.25, 0.3) is 10.8 Å². The van der Waals surface area contributed by atoms with Crippen LogP contribution < -0.4 is 4.90 Å². The van der Waals surface area contributed by atoms with Gasteiger partial charge in [-0.3, -0.25) is 0 Å². The van der Waals surface area contributed by atoms with Crippen molar-refractivity contribution in [1.29, 1.82) is 0 Å². The molecule has 59 heavy (non-hydrogen) atoms. The summed E-state index contributed by atoms with van der Waals surface area (Å²) in [6.07, 6.45) is 13.4. The van der Waals surface area contributed by atoms with E-state index in [4.69, 9.17) is 9.68 Å². The molecule has 0 unspecified atom stereocenters. The molecule has 7 heteroatoms. The van der Waals surface area contributed by atoms with Gasteiger partial charge < -0.3 is 14.6 Å². The van der Waals surface area contributed by atoms with E-state index in [0.29, 0.717) is 23.0 Å². The predicted octanol–water partition coefficient (Wildman–Crippen LogP) is 13.4. The molecule has 0 N–H and O–H groups in total. The van der Waals surface area contributed by atoms with Crippen molar-refractivity contribution in [3.63, 3.8) is 0 Å². The minimum absolute atomic E-state index is 0.466. The number of rotatable bonds is 13. The van der Waals surface area contributed by atoms with Crippen LogP contribution in [0, 0.1) is 11.8 Å². The number of anilines is 3. The van der Waals surface area contributed by atoms with E-state index in [1.54, 1.807) is 24.3 Å². The summed E-state index contributed by atoms with van der Waals surface area (Å²) >= 11 is 0. The second-order valence-corrected chi connectivity index (χ2v) is 15.9. The predicted molar refractivity (Wildman–Crippen MR) is 238 cm³/mol. The van der Waals surface area contributed by atoms with Gasteiger partial charge in [0.05, 0.1) is 28.2 Å². The van der Waals surface area contributed by atoms with Crippen LogP contribution in [0.3, 0.4) is 0 Å². The van der Waals surface area contributed by atoms with Crippen molar-refractivity contribution in [2.45, 2.75) is 77.0 Å². The summed E-state index contributed by atoms with van der Waals surface area (Å²) in [5.41, 5.74) is 7.26. The summed E-state index contributed by atoms with van der Waals surface area (Å²) < 4.78 is 0. The Bertz CT molecular complexity index is 2390. The Morgan fingerprint density at radius 1 is 0.475 bits per heavy atom. The van der Waals surface area contributed by atoms with E-state index in [0.717, 1.165) is 88.9 Å². The van der Waals surface area contributed by atoms with Crippen molar-refractivity contribution >= 4 is 51.2 Å². The average Bonchev–Trinajstić information content (AvgIpc) is 3.30. The minimum atomic E-state index is -0.471. The Morgan fingerprint density at radius 2 is 0.966 bits per heavy atom.